The van der Waals surface area contributed by atoms with Crippen LogP contribution in [-0.2, 0) is 14.3 Å². The summed E-state index contributed by atoms with van der Waals surface area (Å²) in [4.78, 5) is 27.6. The van der Waals surface area contributed by atoms with Crippen molar-refractivity contribution in [2.24, 2.45) is 5.73 Å². The Kier molecular flexibility index (Phi) is 5.58. The number of primary amides is 1. The zero-order valence-corrected chi connectivity index (χ0v) is 13.1. The molecular formula is C15H27N3O3. The van der Waals surface area contributed by atoms with Crippen LogP contribution in [0.4, 0.5) is 0 Å². The minimum atomic E-state index is -0.394. The van der Waals surface area contributed by atoms with Gasteiger partial charge in [0, 0.05) is 12.6 Å². The van der Waals surface area contributed by atoms with E-state index in [0.717, 1.165) is 19.3 Å². The number of morpholine rings is 1. The predicted octanol–water partition coefficient (Wildman–Crippen LogP) is 0.352. The molecule has 0 aromatic rings. The summed E-state index contributed by atoms with van der Waals surface area (Å²) in [6, 6.07) is 0.326. The first-order valence-corrected chi connectivity index (χ1v) is 7.92. The molecule has 0 aromatic carbocycles. The molecule has 0 aromatic heterocycles. The number of ether oxygens (including phenoxy) is 1. The molecule has 1 saturated heterocycles. The summed E-state index contributed by atoms with van der Waals surface area (Å²) in [5.41, 5.74) is 5.27. The maximum atomic E-state index is 12.6. The molecule has 2 rings (SSSR count). The van der Waals surface area contributed by atoms with Gasteiger partial charge in [-0.25, -0.2) is 0 Å². The third-order valence-corrected chi connectivity index (χ3v) is 4.48. The van der Waals surface area contributed by atoms with E-state index in [1.807, 2.05) is 23.6 Å². The van der Waals surface area contributed by atoms with Crippen molar-refractivity contribution in [1.82, 2.24) is 9.80 Å². The van der Waals surface area contributed by atoms with Crippen molar-refractivity contribution in [3.8, 4) is 0 Å². The maximum absolute atomic E-state index is 12.6. The Morgan fingerprint density at radius 2 is 2.00 bits per heavy atom. The quantitative estimate of drug-likeness (QED) is 0.794. The van der Waals surface area contributed by atoms with Gasteiger partial charge in [-0.15, -0.1) is 0 Å². The van der Waals surface area contributed by atoms with Crippen molar-refractivity contribution in [3.63, 3.8) is 0 Å². The lowest BCUT2D eigenvalue weighted by molar-refractivity contribution is -0.151. The highest BCUT2D eigenvalue weighted by atomic mass is 16.5. The number of amides is 2. The molecule has 1 aliphatic heterocycles. The summed E-state index contributed by atoms with van der Waals surface area (Å²) < 4.78 is 5.80. The van der Waals surface area contributed by atoms with E-state index in [1.54, 1.807) is 0 Å². The van der Waals surface area contributed by atoms with Gasteiger partial charge in [0.2, 0.25) is 11.8 Å². The van der Waals surface area contributed by atoms with Crippen LogP contribution in [0.1, 0.15) is 39.5 Å². The fraction of sp³-hybridized carbons (Fsp3) is 0.867. The van der Waals surface area contributed by atoms with E-state index in [1.165, 1.54) is 6.42 Å². The van der Waals surface area contributed by atoms with E-state index in [2.05, 4.69) is 0 Å². The van der Waals surface area contributed by atoms with Gasteiger partial charge in [0.05, 0.1) is 31.8 Å². The van der Waals surface area contributed by atoms with E-state index in [4.69, 9.17) is 10.5 Å². The van der Waals surface area contributed by atoms with Gasteiger partial charge in [0.1, 0.15) is 0 Å². The fourth-order valence-electron chi connectivity index (χ4n) is 3.29. The topological polar surface area (TPSA) is 75.9 Å². The normalized spacial score (nSPS) is 26.0. The van der Waals surface area contributed by atoms with Gasteiger partial charge < -0.3 is 15.4 Å². The van der Waals surface area contributed by atoms with Crippen LogP contribution in [0.15, 0.2) is 0 Å². The molecule has 120 valence electrons. The summed E-state index contributed by atoms with van der Waals surface area (Å²) >= 11 is 0. The second-order valence-corrected chi connectivity index (χ2v) is 6.31. The van der Waals surface area contributed by atoms with E-state index in [-0.39, 0.29) is 37.2 Å². The Bertz CT molecular complexity index is 384. The average molecular weight is 297 g/mol. The first kappa shape index (κ1) is 16.2. The van der Waals surface area contributed by atoms with Crippen LogP contribution in [0.2, 0.25) is 0 Å². The molecule has 1 heterocycles. The highest BCUT2D eigenvalue weighted by Crippen LogP contribution is 2.28. The molecule has 2 N–H and O–H groups in total. The molecule has 1 saturated carbocycles. The lowest BCUT2D eigenvalue weighted by Crippen LogP contribution is -2.57. The SMILES string of the molecule is CC(C)N(CC(N)=O)CC(=O)N1CCOC2CCCCC21. The van der Waals surface area contributed by atoms with Gasteiger partial charge in [-0.05, 0) is 26.7 Å². The van der Waals surface area contributed by atoms with Crippen LogP contribution in [0, 0.1) is 0 Å². The van der Waals surface area contributed by atoms with Crippen molar-refractivity contribution < 1.29 is 14.3 Å². The lowest BCUT2D eigenvalue weighted by Gasteiger charge is -2.44. The zero-order chi connectivity index (χ0) is 15.4. The molecule has 21 heavy (non-hydrogen) atoms. The van der Waals surface area contributed by atoms with Crippen molar-refractivity contribution >= 4 is 11.8 Å². The second kappa shape index (κ2) is 7.22. The minimum Gasteiger partial charge on any atom is -0.374 e. The number of fused-ring (bicyclic) bond motifs is 1. The molecular weight excluding hydrogens is 270 g/mol. The molecule has 2 fully saturated rings. The first-order valence-electron chi connectivity index (χ1n) is 7.92. The minimum absolute atomic E-state index is 0.0881. The Morgan fingerprint density at radius 1 is 1.29 bits per heavy atom. The van der Waals surface area contributed by atoms with Crippen molar-refractivity contribution in [2.45, 2.75) is 57.7 Å². The summed E-state index contributed by atoms with van der Waals surface area (Å²) in [6.07, 6.45) is 4.60. The standard InChI is InChI=1S/C15H27N3O3/c1-11(2)17(9-14(16)19)10-15(20)18-7-8-21-13-6-4-3-5-12(13)18/h11-13H,3-10H2,1-2H3,(H2,16,19). The molecule has 6 heteroatoms. The van der Waals surface area contributed by atoms with Gasteiger partial charge >= 0.3 is 0 Å². The predicted molar refractivity (Wildman–Crippen MR) is 79.6 cm³/mol. The summed E-state index contributed by atoms with van der Waals surface area (Å²) in [5, 5.41) is 0. The number of hydrogen-bond donors (Lipinski definition) is 1. The molecule has 0 radical (unpaired) electrons. The molecule has 2 aliphatic rings. The van der Waals surface area contributed by atoms with E-state index in [9.17, 15) is 9.59 Å². The average Bonchev–Trinajstić information content (AvgIpc) is 2.45. The zero-order valence-electron chi connectivity index (χ0n) is 13.1. The fourth-order valence-corrected chi connectivity index (χ4v) is 3.29. The number of nitrogens with zero attached hydrogens (tertiary/aromatic N) is 2. The molecule has 2 amide bonds. The number of hydrogen-bond acceptors (Lipinski definition) is 4. The Balaban J connectivity index is 1.98. The van der Waals surface area contributed by atoms with Crippen LogP contribution >= 0.6 is 0 Å². The van der Waals surface area contributed by atoms with Crippen molar-refractivity contribution in [2.75, 3.05) is 26.2 Å². The van der Waals surface area contributed by atoms with Gasteiger partial charge in [-0.3, -0.25) is 14.5 Å². The van der Waals surface area contributed by atoms with Crippen molar-refractivity contribution in [1.29, 1.82) is 0 Å². The second-order valence-electron chi connectivity index (χ2n) is 6.31. The Hall–Kier alpha value is -1.14. The molecule has 0 bridgehead atoms. The number of nitrogens with two attached hydrogens (primary N) is 1. The van der Waals surface area contributed by atoms with Crippen LogP contribution in [0.5, 0.6) is 0 Å². The number of carbonyl (C=O) groups is 2. The summed E-state index contributed by atoms with van der Waals surface area (Å²) in [7, 11) is 0. The summed E-state index contributed by atoms with van der Waals surface area (Å²) in [6.45, 7) is 5.59. The molecule has 2 unspecified atom stereocenters. The van der Waals surface area contributed by atoms with Gasteiger partial charge in [-0.1, -0.05) is 12.8 Å². The van der Waals surface area contributed by atoms with Gasteiger partial charge in [0.25, 0.3) is 0 Å². The Morgan fingerprint density at radius 3 is 2.67 bits per heavy atom. The molecule has 1 aliphatic carbocycles. The lowest BCUT2D eigenvalue weighted by atomic mass is 9.90. The third kappa shape index (κ3) is 4.17. The smallest absolute Gasteiger partial charge is 0.237 e. The molecule has 2 atom stereocenters. The van der Waals surface area contributed by atoms with E-state index >= 15 is 0 Å². The van der Waals surface area contributed by atoms with Crippen molar-refractivity contribution in [3.05, 3.63) is 0 Å². The summed E-state index contributed by atoms with van der Waals surface area (Å²) in [5.74, 6) is -0.306. The molecule has 0 spiro atoms. The van der Waals surface area contributed by atoms with Crippen LogP contribution in [0.3, 0.4) is 0 Å². The van der Waals surface area contributed by atoms with Crippen LogP contribution in [-0.4, -0.2) is 66.0 Å². The maximum Gasteiger partial charge on any atom is 0.237 e. The molecule has 6 nitrogen and oxygen atoms in total. The monoisotopic (exact) mass is 297 g/mol. The van der Waals surface area contributed by atoms with E-state index in [0.29, 0.717) is 13.2 Å². The van der Waals surface area contributed by atoms with Gasteiger partial charge in [-0.2, -0.15) is 0 Å². The van der Waals surface area contributed by atoms with Gasteiger partial charge in [0.15, 0.2) is 0 Å². The largest absolute Gasteiger partial charge is 0.374 e. The third-order valence-electron chi connectivity index (χ3n) is 4.48. The first-order chi connectivity index (χ1) is 9.99. The van der Waals surface area contributed by atoms with E-state index < -0.39 is 5.91 Å². The highest BCUT2D eigenvalue weighted by Gasteiger charge is 2.37. The Labute approximate surface area is 126 Å². The van der Waals surface area contributed by atoms with Crippen LogP contribution in [0.25, 0.3) is 0 Å². The number of rotatable bonds is 5. The number of carbonyl (C=O) groups excluding carboxylic acids is 2. The highest BCUT2D eigenvalue weighted by molar-refractivity contribution is 5.81. The van der Waals surface area contributed by atoms with Crippen LogP contribution < -0.4 is 5.73 Å².